The van der Waals surface area contributed by atoms with E-state index >= 15 is 0 Å². The van der Waals surface area contributed by atoms with Gasteiger partial charge >= 0.3 is 0 Å². The molecule has 2 unspecified atom stereocenters. The van der Waals surface area contributed by atoms with Crippen molar-refractivity contribution < 1.29 is 4.39 Å². The summed E-state index contributed by atoms with van der Waals surface area (Å²) in [7, 11) is 0. The van der Waals surface area contributed by atoms with Gasteiger partial charge in [0, 0.05) is 5.92 Å². The van der Waals surface area contributed by atoms with Crippen molar-refractivity contribution in [1.29, 1.82) is 0 Å². The standard InChI is InChI=1S/C13H21FN4/c1-3-9-5-4-6-10(7-9)12-16-8(2)11(14)13(17-12)18-15/h9-10H,3-7,15H2,1-2H3,(H,16,17,18). The van der Waals surface area contributed by atoms with E-state index in [-0.39, 0.29) is 5.82 Å². The molecule has 1 aliphatic rings. The molecule has 0 saturated heterocycles. The molecule has 100 valence electrons. The summed E-state index contributed by atoms with van der Waals surface area (Å²) < 4.78 is 13.6. The second kappa shape index (κ2) is 5.61. The van der Waals surface area contributed by atoms with Crippen LogP contribution in [0.25, 0.3) is 0 Å². The molecule has 5 heteroatoms. The quantitative estimate of drug-likeness (QED) is 0.641. The number of halogens is 1. The Hall–Kier alpha value is -1.23. The zero-order valence-electron chi connectivity index (χ0n) is 11.0. The molecule has 1 aromatic rings. The van der Waals surface area contributed by atoms with Crippen LogP contribution in [0.15, 0.2) is 0 Å². The first-order valence-electron chi connectivity index (χ1n) is 6.66. The van der Waals surface area contributed by atoms with Gasteiger partial charge < -0.3 is 5.43 Å². The summed E-state index contributed by atoms with van der Waals surface area (Å²) in [5.41, 5.74) is 2.68. The van der Waals surface area contributed by atoms with Gasteiger partial charge in [-0.2, -0.15) is 0 Å². The van der Waals surface area contributed by atoms with Gasteiger partial charge in [-0.3, -0.25) is 0 Å². The van der Waals surface area contributed by atoms with Gasteiger partial charge in [0.2, 0.25) is 0 Å². The van der Waals surface area contributed by atoms with Gasteiger partial charge in [0.15, 0.2) is 11.6 Å². The molecule has 1 aliphatic carbocycles. The van der Waals surface area contributed by atoms with Crippen molar-refractivity contribution in [2.75, 3.05) is 5.43 Å². The van der Waals surface area contributed by atoms with Gasteiger partial charge in [0.05, 0.1) is 5.69 Å². The zero-order chi connectivity index (χ0) is 13.1. The maximum atomic E-state index is 13.6. The molecule has 3 N–H and O–H groups in total. The lowest BCUT2D eigenvalue weighted by Gasteiger charge is -2.27. The number of anilines is 1. The van der Waals surface area contributed by atoms with Crippen LogP contribution in [0, 0.1) is 18.7 Å². The molecule has 0 aliphatic heterocycles. The molecule has 0 amide bonds. The summed E-state index contributed by atoms with van der Waals surface area (Å²) in [6, 6.07) is 0. The summed E-state index contributed by atoms with van der Waals surface area (Å²) in [6.07, 6.45) is 5.87. The Morgan fingerprint density at radius 2 is 2.17 bits per heavy atom. The molecule has 1 heterocycles. The van der Waals surface area contributed by atoms with Crippen molar-refractivity contribution >= 4 is 5.82 Å². The predicted molar refractivity (Wildman–Crippen MR) is 69.5 cm³/mol. The fourth-order valence-electron chi connectivity index (χ4n) is 2.76. The minimum absolute atomic E-state index is 0.108. The van der Waals surface area contributed by atoms with Crippen LogP contribution in [0.2, 0.25) is 0 Å². The molecular formula is C13H21FN4. The monoisotopic (exact) mass is 252 g/mol. The SMILES string of the molecule is CCC1CCCC(c2nc(C)c(F)c(NN)n2)C1. The largest absolute Gasteiger partial charge is 0.306 e. The van der Waals surface area contributed by atoms with Gasteiger partial charge in [0.25, 0.3) is 0 Å². The highest BCUT2D eigenvalue weighted by atomic mass is 19.1. The maximum Gasteiger partial charge on any atom is 0.187 e. The smallest absolute Gasteiger partial charge is 0.187 e. The molecule has 18 heavy (non-hydrogen) atoms. The number of rotatable bonds is 3. The average Bonchev–Trinajstić information content (AvgIpc) is 2.41. The predicted octanol–water partition coefficient (Wildman–Crippen LogP) is 2.89. The molecule has 1 aromatic heterocycles. The summed E-state index contributed by atoms with van der Waals surface area (Å²) in [5.74, 6) is 6.77. The van der Waals surface area contributed by atoms with Crippen molar-refractivity contribution in [2.24, 2.45) is 11.8 Å². The van der Waals surface area contributed by atoms with Gasteiger partial charge in [-0.25, -0.2) is 20.2 Å². The van der Waals surface area contributed by atoms with Crippen molar-refractivity contribution in [2.45, 2.75) is 51.9 Å². The van der Waals surface area contributed by atoms with Gasteiger partial charge in [-0.05, 0) is 25.7 Å². The Balaban J connectivity index is 2.24. The molecule has 0 aromatic carbocycles. The van der Waals surface area contributed by atoms with Crippen LogP contribution >= 0.6 is 0 Å². The number of aromatic nitrogens is 2. The Morgan fingerprint density at radius 1 is 1.39 bits per heavy atom. The van der Waals surface area contributed by atoms with Gasteiger partial charge in [-0.1, -0.05) is 26.2 Å². The summed E-state index contributed by atoms with van der Waals surface area (Å²) in [4.78, 5) is 8.51. The number of nitrogens with one attached hydrogen (secondary N) is 1. The van der Waals surface area contributed by atoms with Crippen LogP contribution in [0.4, 0.5) is 10.2 Å². The van der Waals surface area contributed by atoms with E-state index in [9.17, 15) is 4.39 Å². The van der Waals surface area contributed by atoms with E-state index in [0.717, 1.165) is 24.6 Å². The number of nitrogen functional groups attached to an aromatic ring is 1. The van der Waals surface area contributed by atoms with Gasteiger partial charge in [-0.15, -0.1) is 0 Å². The normalized spacial score (nSPS) is 24.0. The molecule has 2 atom stereocenters. The average molecular weight is 252 g/mol. The second-order valence-electron chi connectivity index (χ2n) is 5.11. The Bertz CT molecular complexity index is 422. The molecule has 0 radical (unpaired) electrons. The third-order valence-corrected chi connectivity index (χ3v) is 3.90. The minimum Gasteiger partial charge on any atom is -0.306 e. The maximum absolute atomic E-state index is 13.6. The molecule has 1 fully saturated rings. The lowest BCUT2D eigenvalue weighted by Crippen LogP contribution is -2.19. The Labute approximate surface area is 107 Å². The van der Waals surface area contributed by atoms with Crippen molar-refractivity contribution in [3.63, 3.8) is 0 Å². The van der Waals surface area contributed by atoms with E-state index in [1.807, 2.05) is 0 Å². The fraction of sp³-hybridized carbons (Fsp3) is 0.692. The van der Waals surface area contributed by atoms with E-state index in [4.69, 9.17) is 5.84 Å². The van der Waals surface area contributed by atoms with Crippen LogP contribution in [0.1, 0.15) is 56.5 Å². The summed E-state index contributed by atoms with van der Waals surface area (Å²) >= 11 is 0. The van der Waals surface area contributed by atoms with Crippen LogP contribution in [-0.4, -0.2) is 9.97 Å². The Kier molecular flexibility index (Phi) is 4.11. The van der Waals surface area contributed by atoms with Crippen LogP contribution in [0.3, 0.4) is 0 Å². The van der Waals surface area contributed by atoms with E-state index < -0.39 is 5.82 Å². The third-order valence-electron chi connectivity index (χ3n) is 3.90. The number of nitrogens with two attached hydrogens (primary N) is 1. The first-order valence-corrected chi connectivity index (χ1v) is 6.66. The number of hydrogen-bond donors (Lipinski definition) is 2. The number of aryl methyl sites for hydroxylation is 1. The molecule has 2 rings (SSSR count). The van der Waals surface area contributed by atoms with E-state index in [1.165, 1.54) is 19.3 Å². The van der Waals surface area contributed by atoms with Crippen molar-refractivity contribution in [3.05, 3.63) is 17.3 Å². The number of hydrazine groups is 1. The van der Waals surface area contributed by atoms with E-state index in [0.29, 0.717) is 11.6 Å². The summed E-state index contributed by atoms with van der Waals surface area (Å²) in [5, 5.41) is 0. The van der Waals surface area contributed by atoms with Gasteiger partial charge in [0.1, 0.15) is 5.82 Å². The number of nitrogens with zero attached hydrogens (tertiary/aromatic N) is 2. The highest BCUT2D eigenvalue weighted by Gasteiger charge is 2.25. The topological polar surface area (TPSA) is 63.8 Å². The first-order chi connectivity index (χ1) is 8.65. The van der Waals surface area contributed by atoms with Crippen LogP contribution in [0.5, 0.6) is 0 Å². The fourth-order valence-corrected chi connectivity index (χ4v) is 2.76. The van der Waals surface area contributed by atoms with Crippen molar-refractivity contribution in [3.8, 4) is 0 Å². The molecule has 0 bridgehead atoms. The van der Waals surface area contributed by atoms with E-state index in [2.05, 4.69) is 22.3 Å². The first kappa shape index (κ1) is 13.2. The van der Waals surface area contributed by atoms with E-state index in [1.54, 1.807) is 6.92 Å². The highest BCUT2D eigenvalue weighted by molar-refractivity contribution is 5.37. The minimum atomic E-state index is -0.455. The third kappa shape index (κ3) is 2.61. The lowest BCUT2D eigenvalue weighted by atomic mass is 9.80. The van der Waals surface area contributed by atoms with Crippen LogP contribution < -0.4 is 11.3 Å². The summed E-state index contributed by atoms with van der Waals surface area (Å²) in [6.45, 7) is 3.87. The second-order valence-corrected chi connectivity index (χ2v) is 5.11. The highest BCUT2D eigenvalue weighted by Crippen LogP contribution is 2.36. The molecule has 0 spiro atoms. The lowest BCUT2D eigenvalue weighted by molar-refractivity contribution is 0.306. The molecular weight excluding hydrogens is 231 g/mol. The Morgan fingerprint density at radius 3 is 2.83 bits per heavy atom. The molecule has 4 nitrogen and oxygen atoms in total. The number of hydrogen-bond acceptors (Lipinski definition) is 4. The zero-order valence-corrected chi connectivity index (χ0v) is 11.0. The molecule has 1 saturated carbocycles. The van der Waals surface area contributed by atoms with Crippen molar-refractivity contribution in [1.82, 2.24) is 9.97 Å². The van der Waals surface area contributed by atoms with Crippen LogP contribution in [-0.2, 0) is 0 Å².